The normalized spacial score (nSPS) is 22.2. The Labute approximate surface area is 212 Å². The molecule has 1 aromatic heterocycles. The van der Waals surface area contributed by atoms with Crippen LogP contribution in [-0.4, -0.2) is 39.2 Å². The van der Waals surface area contributed by atoms with Crippen LogP contribution < -0.4 is 9.64 Å². The molecule has 2 aliphatic rings. The number of piperidine rings is 1. The zero-order chi connectivity index (χ0) is 25.6. The third kappa shape index (κ3) is 4.30. The van der Waals surface area contributed by atoms with Gasteiger partial charge in [0, 0.05) is 31.0 Å². The fraction of sp³-hybridized carbons (Fsp3) is 0.448. The van der Waals surface area contributed by atoms with Gasteiger partial charge in [0.25, 0.3) is 0 Å². The summed E-state index contributed by atoms with van der Waals surface area (Å²) in [5.74, 6) is 1.52. The van der Waals surface area contributed by atoms with Crippen molar-refractivity contribution in [3.63, 3.8) is 0 Å². The number of rotatable bonds is 6. The molecule has 0 aliphatic carbocycles. The summed E-state index contributed by atoms with van der Waals surface area (Å²) in [7, 11) is 0. The van der Waals surface area contributed by atoms with Gasteiger partial charge in [0.05, 0.1) is 11.8 Å². The molecule has 0 radical (unpaired) electrons. The van der Waals surface area contributed by atoms with Gasteiger partial charge >= 0.3 is 6.03 Å². The number of halogens is 1. The Hall–Kier alpha value is -3.19. The molecule has 190 valence electrons. The van der Waals surface area contributed by atoms with Crippen molar-refractivity contribution in [2.45, 2.75) is 77.6 Å². The van der Waals surface area contributed by atoms with Crippen molar-refractivity contribution >= 4 is 11.7 Å². The Kier molecular flexibility index (Phi) is 6.37. The first-order chi connectivity index (χ1) is 17.2. The summed E-state index contributed by atoms with van der Waals surface area (Å²) in [5, 5.41) is 0. The zero-order valence-electron chi connectivity index (χ0n) is 21.7. The topological polar surface area (TPSA) is 50.6 Å². The molecule has 2 aromatic carbocycles. The summed E-state index contributed by atoms with van der Waals surface area (Å²) in [6.07, 6.45) is 3.42. The molecule has 7 heteroatoms. The number of amides is 1. The fourth-order valence-electron chi connectivity index (χ4n) is 5.65. The van der Waals surface area contributed by atoms with E-state index >= 15 is 0 Å². The summed E-state index contributed by atoms with van der Waals surface area (Å²) in [4.78, 5) is 22.9. The second kappa shape index (κ2) is 9.36. The highest BCUT2D eigenvalue weighted by Gasteiger charge is 2.55. The molecule has 3 heterocycles. The van der Waals surface area contributed by atoms with Gasteiger partial charge in [-0.05, 0) is 75.4 Å². The lowest BCUT2D eigenvalue weighted by molar-refractivity contribution is 0.0966. The number of carbonyl (C=O) groups excluding carboxylic acids is 1. The Morgan fingerprint density at radius 1 is 1.14 bits per heavy atom. The van der Waals surface area contributed by atoms with Crippen LogP contribution in [0.5, 0.6) is 5.75 Å². The molecular formula is C29H35FN4O2. The van der Waals surface area contributed by atoms with Gasteiger partial charge in [0.15, 0.2) is 0 Å². The van der Waals surface area contributed by atoms with Gasteiger partial charge in [-0.25, -0.2) is 14.2 Å². The van der Waals surface area contributed by atoms with Crippen molar-refractivity contribution in [2.24, 2.45) is 0 Å². The number of aromatic nitrogens is 2. The number of hydrogen-bond donors (Lipinski definition) is 0. The molecule has 36 heavy (non-hydrogen) atoms. The predicted octanol–water partition coefficient (Wildman–Crippen LogP) is 6.30. The van der Waals surface area contributed by atoms with E-state index in [1.807, 2.05) is 38.2 Å². The van der Waals surface area contributed by atoms with Crippen molar-refractivity contribution in [1.82, 2.24) is 14.5 Å². The van der Waals surface area contributed by atoms with Crippen molar-refractivity contribution < 1.29 is 13.9 Å². The first kappa shape index (κ1) is 24.5. The van der Waals surface area contributed by atoms with E-state index in [0.29, 0.717) is 12.1 Å². The molecule has 0 N–H and O–H groups in total. The van der Waals surface area contributed by atoms with Gasteiger partial charge in [-0.15, -0.1) is 0 Å². The molecule has 3 aromatic rings. The minimum absolute atomic E-state index is 0.127. The molecule has 1 amide bonds. The van der Waals surface area contributed by atoms with E-state index in [1.54, 1.807) is 15.5 Å². The number of benzene rings is 2. The number of likely N-dealkylation sites (tertiary alicyclic amines) is 1. The summed E-state index contributed by atoms with van der Waals surface area (Å²) >= 11 is 0. The molecule has 2 atom stereocenters. The van der Waals surface area contributed by atoms with Crippen LogP contribution >= 0.6 is 0 Å². The summed E-state index contributed by atoms with van der Waals surface area (Å²) in [6, 6.07) is 14.6. The second-order valence-corrected chi connectivity index (χ2v) is 10.7. The highest BCUT2D eigenvalue weighted by molar-refractivity contribution is 5.98. The lowest BCUT2D eigenvalue weighted by atomic mass is 9.81. The van der Waals surface area contributed by atoms with E-state index in [2.05, 4.69) is 37.8 Å². The molecule has 0 saturated carbocycles. The van der Waals surface area contributed by atoms with E-state index in [0.717, 1.165) is 36.8 Å². The van der Waals surface area contributed by atoms with Gasteiger partial charge in [-0.1, -0.05) is 32.0 Å². The molecule has 1 spiro atoms. The lowest BCUT2D eigenvalue weighted by Gasteiger charge is -2.47. The van der Waals surface area contributed by atoms with Gasteiger partial charge in [-0.3, -0.25) is 14.4 Å². The van der Waals surface area contributed by atoms with Gasteiger partial charge in [-0.2, -0.15) is 0 Å². The molecule has 5 rings (SSSR count). The third-order valence-electron chi connectivity index (χ3n) is 7.35. The van der Waals surface area contributed by atoms with Crippen LogP contribution in [-0.2, 0) is 12.1 Å². The maximum absolute atomic E-state index is 14.2. The quantitative estimate of drug-likeness (QED) is 0.407. The minimum atomic E-state index is -0.615. The number of fused-ring (bicyclic) bond motifs is 2. The van der Waals surface area contributed by atoms with Crippen LogP contribution in [0.15, 0.2) is 54.7 Å². The number of ether oxygens (including phenoxy) is 1. The highest BCUT2D eigenvalue weighted by atomic mass is 19.1. The van der Waals surface area contributed by atoms with Crippen LogP contribution in [0.2, 0.25) is 0 Å². The highest BCUT2D eigenvalue weighted by Crippen LogP contribution is 2.48. The molecule has 0 bridgehead atoms. The molecule has 1 fully saturated rings. The maximum atomic E-state index is 14.2. The number of anilines is 1. The largest absolute Gasteiger partial charge is 0.491 e. The van der Waals surface area contributed by atoms with Crippen molar-refractivity contribution in [1.29, 1.82) is 0 Å². The minimum Gasteiger partial charge on any atom is -0.491 e. The van der Waals surface area contributed by atoms with Gasteiger partial charge in [0.1, 0.15) is 22.9 Å². The molecule has 1 saturated heterocycles. The average Bonchev–Trinajstić information content (AvgIpc) is 3.35. The second-order valence-electron chi connectivity index (χ2n) is 10.7. The van der Waals surface area contributed by atoms with Gasteiger partial charge in [0.2, 0.25) is 0 Å². The molecule has 2 aliphatic heterocycles. The molecular weight excluding hydrogens is 455 g/mol. The Morgan fingerprint density at radius 3 is 2.61 bits per heavy atom. The first-order valence-corrected chi connectivity index (χ1v) is 12.9. The van der Waals surface area contributed by atoms with Gasteiger partial charge < -0.3 is 4.74 Å². The van der Waals surface area contributed by atoms with E-state index in [4.69, 9.17) is 9.72 Å². The van der Waals surface area contributed by atoms with Crippen LogP contribution in [0, 0.1) is 5.82 Å². The first-order valence-electron chi connectivity index (χ1n) is 12.9. The average molecular weight is 491 g/mol. The predicted molar refractivity (Wildman–Crippen MR) is 139 cm³/mol. The SMILES string of the molecule is CC(C)Oc1cccc(CN2CC[C@]3(C[C@@H]2C)c2nc(C(C)C)cn2C(=O)N3c2cccc(F)c2)c1. The standard InChI is InChI=1S/C29H35FN4O2/c1-19(2)26-18-33-27(31-26)29(34(28(33)35)24-10-7-9-23(30)15-24)12-13-32(21(5)16-29)17-22-8-6-11-25(14-22)36-20(3)4/h6-11,14-15,18-21H,12-13,16-17H2,1-5H3/t21-,29-/m0/s1. The van der Waals surface area contributed by atoms with Crippen molar-refractivity contribution in [3.8, 4) is 5.75 Å². The Bertz CT molecular complexity index is 1270. The van der Waals surface area contributed by atoms with E-state index in [9.17, 15) is 9.18 Å². The molecule has 0 unspecified atom stereocenters. The lowest BCUT2D eigenvalue weighted by Crippen LogP contribution is -2.55. The number of imidazole rings is 1. The van der Waals surface area contributed by atoms with Crippen LogP contribution in [0.4, 0.5) is 14.9 Å². The van der Waals surface area contributed by atoms with Crippen LogP contribution in [0.1, 0.15) is 70.5 Å². The Balaban J connectivity index is 1.46. The summed E-state index contributed by atoms with van der Waals surface area (Å²) < 4.78 is 21.8. The van der Waals surface area contributed by atoms with E-state index in [-0.39, 0.29) is 29.9 Å². The number of nitrogens with zero attached hydrogens (tertiary/aromatic N) is 4. The van der Waals surface area contributed by atoms with Crippen LogP contribution in [0.3, 0.4) is 0 Å². The number of carbonyl (C=O) groups is 1. The Morgan fingerprint density at radius 2 is 1.92 bits per heavy atom. The van der Waals surface area contributed by atoms with E-state index < -0.39 is 5.54 Å². The maximum Gasteiger partial charge on any atom is 0.335 e. The fourth-order valence-corrected chi connectivity index (χ4v) is 5.65. The zero-order valence-corrected chi connectivity index (χ0v) is 21.7. The van der Waals surface area contributed by atoms with Crippen molar-refractivity contribution in [3.05, 3.63) is 77.6 Å². The van der Waals surface area contributed by atoms with E-state index in [1.165, 1.54) is 17.7 Å². The third-order valence-corrected chi connectivity index (χ3v) is 7.35. The van der Waals surface area contributed by atoms with Crippen LogP contribution in [0.25, 0.3) is 0 Å². The van der Waals surface area contributed by atoms with Crippen molar-refractivity contribution in [2.75, 3.05) is 11.4 Å². The summed E-state index contributed by atoms with van der Waals surface area (Å²) in [5.41, 5.74) is 2.07. The number of hydrogen-bond acceptors (Lipinski definition) is 4. The monoisotopic (exact) mass is 490 g/mol. The smallest absolute Gasteiger partial charge is 0.335 e. The molecule has 6 nitrogen and oxygen atoms in total. The summed E-state index contributed by atoms with van der Waals surface area (Å²) in [6.45, 7) is 12.0.